The Balaban J connectivity index is 1.64. The molecule has 1 aliphatic heterocycles. The van der Waals surface area contributed by atoms with Crippen LogP contribution in [0.5, 0.6) is 11.5 Å². The topological polar surface area (TPSA) is 77.6 Å². The van der Waals surface area contributed by atoms with E-state index in [2.05, 4.69) is 9.98 Å². The predicted octanol–water partition coefficient (Wildman–Crippen LogP) is 5.84. The molecule has 0 radical (unpaired) electrons. The molecule has 0 fully saturated rings. The van der Waals surface area contributed by atoms with Crippen LogP contribution in [0.3, 0.4) is 0 Å². The maximum atomic E-state index is 12.9. The molecule has 0 amide bonds. The average molecular weight is 433 g/mol. The van der Waals surface area contributed by atoms with E-state index in [1.807, 2.05) is 19.1 Å². The van der Waals surface area contributed by atoms with Crippen molar-refractivity contribution in [3.05, 3.63) is 69.9 Å². The quantitative estimate of drug-likeness (QED) is 0.382. The molecule has 0 N–H and O–H groups in total. The second-order valence-electron chi connectivity index (χ2n) is 6.68. The number of aliphatic imine (C=N–C) groups is 1. The molecule has 1 aliphatic rings. The van der Waals surface area contributed by atoms with Crippen LogP contribution in [0.4, 0.5) is 18.9 Å². The molecule has 0 spiro atoms. The first-order valence-corrected chi connectivity index (χ1v) is 9.84. The van der Waals surface area contributed by atoms with E-state index in [0.29, 0.717) is 11.6 Å². The van der Waals surface area contributed by atoms with E-state index < -0.39 is 22.4 Å². The molecule has 0 bridgehead atoms. The summed E-state index contributed by atoms with van der Waals surface area (Å²) in [4.78, 5) is 19.4. The standard InChI is InChI=1S/C20H14F3N3O3S/c1-11-10-30-19(24-11)16-5-2-12-8-14(4-6-15(12)25-16)29-18-7-3-13(20(21,22)23)9-17(18)26(27)28/h2-9,11H,10H2,1H3/t11-/m0/s1. The zero-order valence-corrected chi connectivity index (χ0v) is 16.3. The number of rotatable bonds is 4. The maximum Gasteiger partial charge on any atom is 0.416 e. The summed E-state index contributed by atoms with van der Waals surface area (Å²) < 4.78 is 44.1. The first-order chi connectivity index (χ1) is 14.2. The van der Waals surface area contributed by atoms with Crippen LogP contribution in [0, 0.1) is 10.1 Å². The number of fused-ring (bicyclic) bond motifs is 1. The monoisotopic (exact) mass is 433 g/mol. The van der Waals surface area contributed by atoms with E-state index >= 15 is 0 Å². The van der Waals surface area contributed by atoms with Crippen LogP contribution in [0.15, 0.2) is 53.5 Å². The van der Waals surface area contributed by atoms with Crippen molar-refractivity contribution in [2.24, 2.45) is 4.99 Å². The fraction of sp³-hybridized carbons (Fsp3) is 0.200. The van der Waals surface area contributed by atoms with Crippen molar-refractivity contribution in [3.8, 4) is 11.5 Å². The molecule has 2 heterocycles. The number of nitrogens with zero attached hydrogens (tertiary/aromatic N) is 3. The normalized spacial score (nSPS) is 16.5. The number of hydrogen-bond acceptors (Lipinski definition) is 6. The van der Waals surface area contributed by atoms with Crippen molar-refractivity contribution >= 4 is 33.4 Å². The number of pyridine rings is 1. The van der Waals surface area contributed by atoms with Crippen molar-refractivity contribution in [3.63, 3.8) is 0 Å². The summed E-state index contributed by atoms with van der Waals surface area (Å²) in [6.45, 7) is 2.03. The summed E-state index contributed by atoms with van der Waals surface area (Å²) in [6.07, 6.45) is -4.69. The second-order valence-corrected chi connectivity index (χ2v) is 7.69. The van der Waals surface area contributed by atoms with Crippen LogP contribution in [-0.2, 0) is 6.18 Å². The highest BCUT2D eigenvalue weighted by Gasteiger charge is 2.33. The molecule has 10 heteroatoms. The van der Waals surface area contributed by atoms with Gasteiger partial charge >= 0.3 is 11.9 Å². The van der Waals surface area contributed by atoms with Gasteiger partial charge in [-0.15, -0.1) is 11.8 Å². The molecule has 1 atom stereocenters. The van der Waals surface area contributed by atoms with Crippen molar-refractivity contribution in [2.45, 2.75) is 19.1 Å². The maximum absolute atomic E-state index is 12.9. The number of halogens is 3. The van der Waals surface area contributed by atoms with E-state index in [0.717, 1.165) is 34.0 Å². The lowest BCUT2D eigenvalue weighted by Gasteiger charge is -2.10. The Labute approximate surface area is 172 Å². The minimum atomic E-state index is -4.69. The molecule has 6 nitrogen and oxygen atoms in total. The fourth-order valence-corrected chi connectivity index (χ4v) is 3.94. The van der Waals surface area contributed by atoms with Crippen LogP contribution in [0.25, 0.3) is 10.9 Å². The van der Waals surface area contributed by atoms with Crippen molar-refractivity contribution in [1.82, 2.24) is 4.98 Å². The van der Waals surface area contributed by atoms with Crippen molar-refractivity contribution in [1.29, 1.82) is 0 Å². The Bertz CT molecular complexity index is 1180. The minimum absolute atomic E-state index is 0.248. The Hall–Kier alpha value is -3.14. The van der Waals surface area contributed by atoms with Crippen LogP contribution in [-0.4, -0.2) is 26.7 Å². The van der Waals surface area contributed by atoms with Gasteiger partial charge in [-0.2, -0.15) is 13.2 Å². The number of thioether (sulfide) groups is 1. The largest absolute Gasteiger partial charge is 0.450 e. The molecular formula is C20H14F3N3O3S. The van der Waals surface area contributed by atoms with Crippen molar-refractivity contribution < 1.29 is 22.8 Å². The van der Waals surface area contributed by atoms with Gasteiger partial charge in [-0.1, -0.05) is 6.07 Å². The average Bonchev–Trinajstić information content (AvgIpc) is 3.13. The van der Waals surface area contributed by atoms with Crippen LogP contribution in [0.1, 0.15) is 18.2 Å². The lowest BCUT2D eigenvalue weighted by molar-refractivity contribution is -0.385. The van der Waals surface area contributed by atoms with Gasteiger partial charge in [0.15, 0.2) is 0 Å². The number of benzene rings is 2. The number of hydrogen-bond donors (Lipinski definition) is 0. The third kappa shape index (κ3) is 4.09. The molecule has 4 rings (SSSR count). The van der Waals surface area contributed by atoms with Gasteiger partial charge in [0.2, 0.25) is 5.75 Å². The zero-order chi connectivity index (χ0) is 21.5. The summed E-state index contributed by atoms with van der Waals surface area (Å²) in [5.41, 5.74) is -0.420. The van der Waals surface area contributed by atoms with E-state index in [1.165, 1.54) is 0 Å². The number of alkyl halides is 3. The lowest BCUT2D eigenvalue weighted by Crippen LogP contribution is -2.06. The summed E-state index contributed by atoms with van der Waals surface area (Å²) in [5, 5.41) is 12.8. The van der Waals surface area contributed by atoms with E-state index in [4.69, 9.17) is 4.74 Å². The van der Waals surface area contributed by atoms with Gasteiger partial charge in [0, 0.05) is 17.2 Å². The predicted molar refractivity (Wildman–Crippen MR) is 108 cm³/mol. The number of aromatic nitrogens is 1. The molecule has 0 saturated carbocycles. The highest BCUT2D eigenvalue weighted by Crippen LogP contribution is 2.38. The van der Waals surface area contributed by atoms with Gasteiger partial charge in [0.05, 0.1) is 27.7 Å². The van der Waals surface area contributed by atoms with Crippen LogP contribution < -0.4 is 4.74 Å². The summed E-state index contributed by atoms with van der Waals surface area (Å²) in [5.74, 6) is 0.886. The summed E-state index contributed by atoms with van der Waals surface area (Å²) >= 11 is 1.64. The van der Waals surface area contributed by atoms with Gasteiger partial charge in [-0.3, -0.25) is 15.1 Å². The van der Waals surface area contributed by atoms with Crippen molar-refractivity contribution in [2.75, 3.05) is 5.75 Å². The number of nitro benzene ring substituents is 1. The SMILES string of the molecule is C[C@H]1CSC(c2ccc3cc(Oc4ccc(C(F)(F)F)cc4[N+](=O)[O-])ccc3n2)=N1. The fourth-order valence-electron chi connectivity index (χ4n) is 2.95. The molecular weight excluding hydrogens is 419 g/mol. The van der Waals surface area contributed by atoms with Crippen LogP contribution in [0.2, 0.25) is 0 Å². The molecule has 154 valence electrons. The molecule has 1 aromatic heterocycles. The minimum Gasteiger partial charge on any atom is -0.450 e. The smallest absolute Gasteiger partial charge is 0.416 e. The Morgan fingerprint density at radius 3 is 2.63 bits per heavy atom. The summed E-state index contributed by atoms with van der Waals surface area (Å²) in [7, 11) is 0. The molecule has 0 unspecified atom stereocenters. The molecule has 30 heavy (non-hydrogen) atoms. The van der Waals surface area contributed by atoms with Gasteiger partial charge < -0.3 is 4.74 Å². The Kier molecular flexibility index (Phi) is 5.10. The molecule has 3 aromatic rings. The van der Waals surface area contributed by atoms with Gasteiger partial charge in [0.1, 0.15) is 10.8 Å². The third-order valence-corrected chi connectivity index (χ3v) is 5.63. The molecule has 0 aliphatic carbocycles. The van der Waals surface area contributed by atoms with Crippen LogP contribution >= 0.6 is 11.8 Å². The molecule has 2 aromatic carbocycles. The van der Waals surface area contributed by atoms with Gasteiger partial charge in [-0.05, 0) is 43.3 Å². The van der Waals surface area contributed by atoms with E-state index in [9.17, 15) is 23.3 Å². The first kappa shape index (κ1) is 20.1. The number of ether oxygens (including phenoxy) is 1. The Morgan fingerprint density at radius 1 is 1.17 bits per heavy atom. The first-order valence-electron chi connectivity index (χ1n) is 8.86. The number of nitro groups is 1. The molecule has 0 saturated heterocycles. The zero-order valence-electron chi connectivity index (χ0n) is 15.5. The van der Waals surface area contributed by atoms with Gasteiger partial charge in [0.25, 0.3) is 0 Å². The highest BCUT2D eigenvalue weighted by atomic mass is 32.2. The second kappa shape index (κ2) is 7.60. The lowest BCUT2D eigenvalue weighted by atomic mass is 10.1. The van der Waals surface area contributed by atoms with E-state index in [1.54, 1.807) is 30.0 Å². The van der Waals surface area contributed by atoms with E-state index in [-0.39, 0.29) is 17.5 Å². The highest BCUT2D eigenvalue weighted by molar-refractivity contribution is 8.14. The third-order valence-electron chi connectivity index (χ3n) is 4.39. The van der Waals surface area contributed by atoms with Gasteiger partial charge in [-0.25, -0.2) is 4.98 Å². The summed E-state index contributed by atoms with van der Waals surface area (Å²) in [6, 6.07) is 10.9. The Morgan fingerprint density at radius 2 is 1.97 bits per heavy atom.